The Kier molecular flexibility index (Phi) is 6.41. The summed E-state index contributed by atoms with van der Waals surface area (Å²) in [5, 5.41) is 9.35. The highest BCUT2D eigenvalue weighted by molar-refractivity contribution is 6.20. The maximum atomic E-state index is 6.30. The van der Waals surface area contributed by atoms with Gasteiger partial charge < -0.3 is 18.0 Å². The number of benzene rings is 9. The van der Waals surface area contributed by atoms with E-state index < -0.39 is 0 Å². The summed E-state index contributed by atoms with van der Waals surface area (Å²) in [7, 11) is 0. The lowest BCUT2D eigenvalue weighted by Gasteiger charge is -2.15. The predicted molar refractivity (Wildman–Crippen MR) is 241 cm³/mol. The van der Waals surface area contributed by atoms with Crippen molar-refractivity contribution in [1.29, 1.82) is 0 Å². The van der Waals surface area contributed by atoms with Crippen LogP contribution in [0.3, 0.4) is 0 Å². The Balaban J connectivity index is 1.12. The molecule has 0 aliphatic heterocycles. The lowest BCUT2D eigenvalue weighted by Crippen LogP contribution is -1.94. The Morgan fingerprint density at radius 3 is 1.57 bits per heavy atom. The number of rotatable bonds is 4. The molecule has 0 saturated heterocycles. The van der Waals surface area contributed by atoms with Gasteiger partial charge in [-0.3, -0.25) is 0 Å². The number of nitrogens with zero attached hydrogens (tertiary/aromatic N) is 2. The number of hydrogen-bond donors (Lipinski definition) is 0. The van der Waals surface area contributed by atoms with Gasteiger partial charge in [-0.15, -0.1) is 0 Å². The summed E-state index contributed by atoms with van der Waals surface area (Å²) >= 11 is 0. The first kappa shape index (κ1) is 31.4. The molecule has 0 spiro atoms. The van der Waals surface area contributed by atoms with Crippen molar-refractivity contribution >= 4 is 87.5 Å². The van der Waals surface area contributed by atoms with E-state index in [1.807, 2.05) is 24.3 Å². The molecule has 0 aliphatic rings. The number of hydrogen-bond acceptors (Lipinski definition) is 2. The minimum atomic E-state index is 0.893. The molecule has 0 aliphatic carbocycles. The van der Waals surface area contributed by atoms with Crippen LogP contribution in [0.25, 0.3) is 121 Å². The Morgan fingerprint density at radius 2 is 0.810 bits per heavy atom. The van der Waals surface area contributed by atoms with Gasteiger partial charge in [0.2, 0.25) is 0 Å². The standard InChI is InChI=1S/C54H32N2O2/c1-2-12-35(13-3-1)55-46-19-9-5-17-41(46)54-48(55)27-25-37(33-23-28-51-43(30-33)39-15-6-10-20-49(39)57-51)53(54)34-22-26-47-42(31-34)38-14-4-8-18-45(38)56(47)36-24-29-52-44(32-36)40-16-7-11-21-50(40)58-52/h1-32H. The SMILES string of the molecule is c1ccc(-n2c3ccccc3c3c(-c4ccc5c(c4)c4ccccc4n5-c4ccc5oc6ccccc6c5c4)c(-c4ccc5oc6ccccc6c5c4)ccc32)cc1. The second-order valence-corrected chi connectivity index (χ2v) is 15.2. The zero-order chi connectivity index (χ0) is 37.9. The van der Waals surface area contributed by atoms with Gasteiger partial charge in [0.25, 0.3) is 0 Å². The molecule has 0 amide bonds. The van der Waals surface area contributed by atoms with Gasteiger partial charge in [0.05, 0.1) is 22.1 Å². The van der Waals surface area contributed by atoms with Gasteiger partial charge in [0, 0.05) is 54.5 Å². The normalized spacial score (nSPS) is 12.1. The average molecular weight is 741 g/mol. The van der Waals surface area contributed by atoms with E-state index in [9.17, 15) is 0 Å². The highest BCUT2D eigenvalue weighted by Crippen LogP contribution is 2.46. The van der Waals surface area contributed by atoms with E-state index in [0.29, 0.717) is 0 Å². The molecule has 0 N–H and O–H groups in total. The first-order chi connectivity index (χ1) is 28.8. The van der Waals surface area contributed by atoms with Crippen molar-refractivity contribution in [1.82, 2.24) is 9.13 Å². The maximum absolute atomic E-state index is 6.30. The molecule has 0 atom stereocenters. The Hall–Kier alpha value is -7.82. The molecule has 4 aromatic heterocycles. The van der Waals surface area contributed by atoms with Gasteiger partial charge in [-0.05, 0) is 107 Å². The first-order valence-electron chi connectivity index (χ1n) is 19.8. The third-order valence-electron chi connectivity index (χ3n) is 12.1. The van der Waals surface area contributed by atoms with E-state index in [0.717, 1.165) is 66.3 Å². The summed E-state index contributed by atoms with van der Waals surface area (Å²) in [6.45, 7) is 0. The summed E-state index contributed by atoms with van der Waals surface area (Å²) in [4.78, 5) is 0. The van der Waals surface area contributed by atoms with Crippen molar-refractivity contribution in [3.63, 3.8) is 0 Å². The summed E-state index contributed by atoms with van der Waals surface area (Å²) in [5.41, 5.74) is 15.2. The van der Waals surface area contributed by atoms with Crippen molar-refractivity contribution in [2.24, 2.45) is 0 Å². The zero-order valence-electron chi connectivity index (χ0n) is 31.2. The zero-order valence-corrected chi connectivity index (χ0v) is 31.2. The van der Waals surface area contributed by atoms with E-state index in [1.54, 1.807) is 0 Å². The molecule has 0 bridgehead atoms. The number of aromatic nitrogens is 2. The van der Waals surface area contributed by atoms with Crippen LogP contribution < -0.4 is 0 Å². The van der Waals surface area contributed by atoms with Crippen LogP contribution in [0.2, 0.25) is 0 Å². The van der Waals surface area contributed by atoms with Crippen molar-refractivity contribution in [2.45, 2.75) is 0 Å². The summed E-state index contributed by atoms with van der Waals surface area (Å²) < 4.78 is 17.3. The minimum absolute atomic E-state index is 0.893. The number of fused-ring (bicyclic) bond motifs is 12. The maximum Gasteiger partial charge on any atom is 0.135 e. The van der Waals surface area contributed by atoms with Crippen LogP contribution in [0.4, 0.5) is 0 Å². The van der Waals surface area contributed by atoms with Crippen molar-refractivity contribution in [2.75, 3.05) is 0 Å². The molecule has 0 unspecified atom stereocenters. The quantitative estimate of drug-likeness (QED) is 0.180. The average Bonchev–Trinajstić information content (AvgIpc) is 4.03. The van der Waals surface area contributed by atoms with Crippen LogP contribution in [0.5, 0.6) is 0 Å². The molecule has 4 heterocycles. The fourth-order valence-corrected chi connectivity index (χ4v) is 9.61. The highest BCUT2D eigenvalue weighted by Gasteiger charge is 2.22. The Morgan fingerprint density at radius 1 is 0.293 bits per heavy atom. The smallest absolute Gasteiger partial charge is 0.135 e. The third kappa shape index (κ3) is 4.40. The van der Waals surface area contributed by atoms with Gasteiger partial charge in [0.1, 0.15) is 22.3 Å². The molecular weight excluding hydrogens is 709 g/mol. The van der Waals surface area contributed by atoms with E-state index in [-0.39, 0.29) is 0 Å². The molecule has 58 heavy (non-hydrogen) atoms. The van der Waals surface area contributed by atoms with Crippen LogP contribution in [0.1, 0.15) is 0 Å². The molecule has 4 heteroatoms. The summed E-state index contributed by atoms with van der Waals surface area (Å²) in [6.07, 6.45) is 0. The van der Waals surface area contributed by atoms with Gasteiger partial charge in [-0.1, -0.05) is 109 Å². The first-order valence-corrected chi connectivity index (χ1v) is 19.8. The largest absolute Gasteiger partial charge is 0.456 e. The predicted octanol–water partition coefficient (Wildman–Crippen LogP) is 15.0. The van der Waals surface area contributed by atoms with E-state index in [1.165, 1.54) is 54.8 Å². The summed E-state index contributed by atoms with van der Waals surface area (Å²) in [6, 6.07) is 69.8. The van der Waals surface area contributed by atoms with Crippen LogP contribution in [0.15, 0.2) is 203 Å². The van der Waals surface area contributed by atoms with Gasteiger partial charge >= 0.3 is 0 Å². The fourth-order valence-electron chi connectivity index (χ4n) is 9.61. The summed E-state index contributed by atoms with van der Waals surface area (Å²) in [5.74, 6) is 0. The molecular formula is C54H32N2O2. The Labute approximate surface area is 332 Å². The van der Waals surface area contributed by atoms with Crippen LogP contribution in [-0.2, 0) is 0 Å². The molecule has 0 radical (unpaired) electrons. The van der Waals surface area contributed by atoms with Crippen LogP contribution >= 0.6 is 0 Å². The lowest BCUT2D eigenvalue weighted by molar-refractivity contribution is 0.668. The van der Waals surface area contributed by atoms with Crippen LogP contribution in [-0.4, -0.2) is 9.13 Å². The molecule has 0 fully saturated rings. The van der Waals surface area contributed by atoms with E-state index in [4.69, 9.17) is 8.83 Å². The second-order valence-electron chi connectivity index (χ2n) is 15.2. The molecule has 13 aromatic rings. The Bertz CT molecular complexity index is 3800. The molecule has 270 valence electrons. The molecule has 9 aromatic carbocycles. The number of furan rings is 2. The molecule has 13 rings (SSSR count). The van der Waals surface area contributed by atoms with Crippen molar-refractivity contribution < 1.29 is 8.83 Å². The molecule has 0 saturated carbocycles. The third-order valence-corrected chi connectivity index (χ3v) is 12.1. The second kappa shape index (κ2) is 11.8. The minimum Gasteiger partial charge on any atom is -0.456 e. The highest BCUT2D eigenvalue weighted by atomic mass is 16.3. The van der Waals surface area contributed by atoms with E-state index in [2.05, 4.69) is 179 Å². The van der Waals surface area contributed by atoms with Gasteiger partial charge in [-0.25, -0.2) is 0 Å². The topological polar surface area (TPSA) is 36.1 Å². The monoisotopic (exact) mass is 740 g/mol. The van der Waals surface area contributed by atoms with Crippen molar-refractivity contribution in [3.8, 4) is 33.6 Å². The number of para-hydroxylation sites is 5. The molecule has 4 nitrogen and oxygen atoms in total. The van der Waals surface area contributed by atoms with Gasteiger partial charge in [0.15, 0.2) is 0 Å². The fraction of sp³-hybridized carbons (Fsp3) is 0. The van der Waals surface area contributed by atoms with Crippen LogP contribution in [0, 0.1) is 0 Å². The van der Waals surface area contributed by atoms with Crippen molar-refractivity contribution in [3.05, 3.63) is 194 Å². The lowest BCUT2D eigenvalue weighted by atomic mass is 9.89. The van der Waals surface area contributed by atoms with E-state index >= 15 is 0 Å². The van der Waals surface area contributed by atoms with Gasteiger partial charge in [-0.2, -0.15) is 0 Å².